The van der Waals surface area contributed by atoms with Crippen molar-refractivity contribution in [3.8, 4) is 0 Å². The predicted molar refractivity (Wildman–Crippen MR) is 72.7 cm³/mol. The molecule has 0 aliphatic carbocycles. The van der Waals surface area contributed by atoms with Crippen LogP contribution in [0.3, 0.4) is 0 Å². The van der Waals surface area contributed by atoms with E-state index < -0.39 is 0 Å². The summed E-state index contributed by atoms with van der Waals surface area (Å²) in [5.74, 6) is -0.375. The first kappa shape index (κ1) is 13.2. The van der Waals surface area contributed by atoms with Crippen molar-refractivity contribution in [2.45, 2.75) is 13.5 Å². The van der Waals surface area contributed by atoms with Gasteiger partial charge in [-0.1, -0.05) is 0 Å². The van der Waals surface area contributed by atoms with Gasteiger partial charge in [0.1, 0.15) is 12.1 Å². The average Bonchev–Trinajstić information content (AvgIpc) is 2.46. The van der Waals surface area contributed by atoms with Crippen molar-refractivity contribution in [3.63, 3.8) is 0 Å². The number of anilines is 1. The van der Waals surface area contributed by atoms with E-state index in [-0.39, 0.29) is 5.82 Å². The van der Waals surface area contributed by atoms with Crippen molar-refractivity contribution in [1.29, 1.82) is 0 Å². The number of carbonyl (C=O) groups excluding carboxylic acids is 1. The van der Waals surface area contributed by atoms with E-state index in [1.54, 1.807) is 24.5 Å². The first-order valence-corrected chi connectivity index (χ1v) is 6.13. The molecular weight excluding hydrogens is 243 g/mol. The Balaban J connectivity index is 2.24. The number of halogens is 1. The molecule has 0 aliphatic rings. The van der Waals surface area contributed by atoms with Crippen LogP contribution in [0.25, 0.3) is 0 Å². The highest BCUT2D eigenvalue weighted by Crippen LogP contribution is 2.21. The van der Waals surface area contributed by atoms with Crippen LogP contribution >= 0.6 is 0 Å². The average molecular weight is 258 g/mol. The molecule has 1 aromatic heterocycles. The summed E-state index contributed by atoms with van der Waals surface area (Å²) in [6.07, 6.45) is 4.08. The van der Waals surface area contributed by atoms with Crippen LogP contribution in [-0.2, 0) is 6.54 Å². The van der Waals surface area contributed by atoms with Gasteiger partial charge >= 0.3 is 0 Å². The second-order valence-corrected chi connectivity index (χ2v) is 4.20. The van der Waals surface area contributed by atoms with Crippen LogP contribution in [0.15, 0.2) is 42.7 Å². The van der Waals surface area contributed by atoms with E-state index in [1.807, 2.05) is 24.0 Å². The fourth-order valence-electron chi connectivity index (χ4n) is 1.93. The molecule has 0 atom stereocenters. The van der Waals surface area contributed by atoms with Gasteiger partial charge in [0.25, 0.3) is 0 Å². The van der Waals surface area contributed by atoms with Crippen LogP contribution in [-0.4, -0.2) is 17.8 Å². The summed E-state index contributed by atoms with van der Waals surface area (Å²) in [5.41, 5.74) is 1.92. The van der Waals surface area contributed by atoms with Crippen molar-refractivity contribution >= 4 is 12.0 Å². The van der Waals surface area contributed by atoms with Crippen LogP contribution in [0, 0.1) is 5.82 Å². The van der Waals surface area contributed by atoms with Crippen molar-refractivity contribution in [1.82, 2.24) is 4.98 Å². The molecule has 1 aromatic carbocycles. The zero-order chi connectivity index (χ0) is 13.7. The summed E-state index contributed by atoms with van der Waals surface area (Å²) >= 11 is 0. The van der Waals surface area contributed by atoms with E-state index in [9.17, 15) is 9.18 Å². The summed E-state index contributed by atoms with van der Waals surface area (Å²) in [6.45, 7) is 3.25. The molecule has 0 saturated carbocycles. The molecule has 0 bridgehead atoms. The van der Waals surface area contributed by atoms with Crippen LogP contribution in [0.1, 0.15) is 22.8 Å². The lowest BCUT2D eigenvalue weighted by Gasteiger charge is -2.23. The van der Waals surface area contributed by atoms with Crippen LogP contribution in [0.4, 0.5) is 10.1 Å². The quantitative estimate of drug-likeness (QED) is 0.773. The maximum atomic E-state index is 14.0. The molecule has 0 amide bonds. The second kappa shape index (κ2) is 6.09. The molecule has 1 heterocycles. The molecule has 19 heavy (non-hydrogen) atoms. The van der Waals surface area contributed by atoms with Crippen LogP contribution in [0.5, 0.6) is 0 Å². The summed E-state index contributed by atoms with van der Waals surface area (Å²) < 4.78 is 14.0. The zero-order valence-corrected chi connectivity index (χ0v) is 10.7. The molecule has 0 spiro atoms. The topological polar surface area (TPSA) is 33.2 Å². The highest BCUT2D eigenvalue weighted by atomic mass is 19.1. The van der Waals surface area contributed by atoms with Crippen molar-refractivity contribution < 1.29 is 9.18 Å². The molecule has 0 saturated heterocycles. The molecule has 4 heteroatoms. The predicted octanol–water partition coefficient (Wildman–Crippen LogP) is 3.06. The third-order valence-corrected chi connectivity index (χ3v) is 2.95. The van der Waals surface area contributed by atoms with Crippen LogP contribution in [0.2, 0.25) is 0 Å². The van der Waals surface area contributed by atoms with Gasteiger partial charge in [-0.05, 0) is 42.8 Å². The summed E-state index contributed by atoms with van der Waals surface area (Å²) in [5, 5.41) is 0. The highest BCUT2D eigenvalue weighted by Gasteiger charge is 2.11. The summed E-state index contributed by atoms with van der Waals surface area (Å²) in [4.78, 5) is 16.5. The van der Waals surface area contributed by atoms with Gasteiger partial charge in [0, 0.05) is 31.0 Å². The van der Waals surface area contributed by atoms with E-state index in [2.05, 4.69) is 4.98 Å². The third kappa shape index (κ3) is 3.16. The molecule has 0 unspecified atom stereocenters. The largest absolute Gasteiger partial charge is 0.365 e. The minimum Gasteiger partial charge on any atom is -0.365 e. The second-order valence-electron chi connectivity index (χ2n) is 4.20. The maximum absolute atomic E-state index is 14.0. The fraction of sp³-hybridized carbons (Fsp3) is 0.200. The number of hydrogen-bond donors (Lipinski definition) is 0. The van der Waals surface area contributed by atoms with Gasteiger partial charge in [-0.2, -0.15) is 0 Å². The van der Waals surface area contributed by atoms with Gasteiger partial charge in [-0.25, -0.2) is 4.39 Å². The molecule has 3 nitrogen and oxygen atoms in total. The standard InChI is InChI=1S/C15H15FN2O/c1-2-18(10-12-5-7-17-8-6-12)15-4-3-13(11-19)9-14(15)16/h3-9,11H,2,10H2,1H3. The van der Waals surface area contributed by atoms with Gasteiger partial charge in [-0.15, -0.1) is 0 Å². The number of aromatic nitrogens is 1. The number of pyridine rings is 1. The molecule has 98 valence electrons. The first-order chi connectivity index (χ1) is 9.24. The highest BCUT2D eigenvalue weighted by molar-refractivity contribution is 5.76. The molecular formula is C15H15FN2O. The number of rotatable bonds is 5. The van der Waals surface area contributed by atoms with Gasteiger partial charge < -0.3 is 4.90 Å². The number of benzene rings is 1. The van der Waals surface area contributed by atoms with E-state index in [1.165, 1.54) is 6.07 Å². The Bertz CT molecular complexity index is 557. The van der Waals surface area contributed by atoms with Crippen molar-refractivity contribution in [3.05, 3.63) is 59.7 Å². The Morgan fingerprint density at radius 1 is 1.26 bits per heavy atom. The molecule has 0 fully saturated rings. The lowest BCUT2D eigenvalue weighted by atomic mass is 10.1. The number of aldehydes is 1. The lowest BCUT2D eigenvalue weighted by Crippen LogP contribution is -2.23. The van der Waals surface area contributed by atoms with E-state index in [0.717, 1.165) is 5.56 Å². The number of hydrogen-bond acceptors (Lipinski definition) is 3. The van der Waals surface area contributed by atoms with Crippen LogP contribution < -0.4 is 4.90 Å². The monoisotopic (exact) mass is 258 g/mol. The third-order valence-electron chi connectivity index (χ3n) is 2.95. The Morgan fingerprint density at radius 2 is 2.00 bits per heavy atom. The van der Waals surface area contributed by atoms with E-state index >= 15 is 0 Å². The van der Waals surface area contributed by atoms with Gasteiger partial charge in [0.05, 0.1) is 5.69 Å². The Labute approximate surface area is 111 Å². The summed E-state index contributed by atoms with van der Waals surface area (Å²) in [6, 6.07) is 8.34. The zero-order valence-electron chi connectivity index (χ0n) is 10.7. The lowest BCUT2D eigenvalue weighted by molar-refractivity contribution is 0.112. The Kier molecular flexibility index (Phi) is 4.23. The summed E-state index contributed by atoms with van der Waals surface area (Å²) in [7, 11) is 0. The molecule has 0 N–H and O–H groups in total. The smallest absolute Gasteiger partial charge is 0.150 e. The normalized spacial score (nSPS) is 10.2. The first-order valence-electron chi connectivity index (χ1n) is 6.13. The minimum absolute atomic E-state index is 0.348. The Hall–Kier alpha value is -2.23. The molecule has 0 aliphatic heterocycles. The number of nitrogens with zero attached hydrogens (tertiary/aromatic N) is 2. The van der Waals surface area contributed by atoms with E-state index in [4.69, 9.17) is 0 Å². The van der Waals surface area contributed by atoms with Gasteiger partial charge in [-0.3, -0.25) is 9.78 Å². The van der Waals surface area contributed by atoms with Gasteiger partial charge in [0.15, 0.2) is 0 Å². The molecule has 0 radical (unpaired) electrons. The maximum Gasteiger partial charge on any atom is 0.150 e. The van der Waals surface area contributed by atoms with Crippen molar-refractivity contribution in [2.24, 2.45) is 0 Å². The fourth-order valence-corrected chi connectivity index (χ4v) is 1.93. The number of carbonyl (C=O) groups is 1. The van der Waals surface area contributed by atoms with Crippen molar-refractivity contribution in [2.75, 3.05) is 11.4 Å². The molecule has 2 rings (SSSR count). The van der Waals surface area contributed by atoms with E-state index in [0.29, 0.717) is 30.6 Å². The molecule has 2 aromatic rings. The minimum atomic E-state index is -0.375. The van der Waals surface area contributed by atoms with Gasteiger partial charge in [0.2, 0.25) is 0 Å². The Morgan fingerprint density at radius 3 is 2.58 bits per heavy atom. The SMILES string of the molecule is CCN(Cc1ccncc1)c1ccc(C=O)cc1F.